The van der Waals surface area contributed by atoms with E-state index in [0.717, 1.165) is 0 Å². The zero-order valence-corrected chi connectivity index (χ0v) is 16.4. The van der Waals surface area contributed by atoms with Crippen molar-refractivity contribution in [1.82, 2.24) is 20.8 Å². The van der Waals surface area contributed by atoms with Crippen LogP contribution < -0.4 is 25.1 Å². The highest BCUT2D eigenvalue weighted by atomic mass is 16.5. The number of amides is 2. The first-order chi connectivity index (χ1) is 13.5. The number of hydrogen-bond donors (Lipinski definition) is 2. The average molecular weight is 388 g/mol. The first kappa shape index (κ1) is 20.9. The molecule has 2 rings (SSSR count). The number of nitrogens with zero attached hydrogens (tertiary/aromatic N) is 2. The minimum atomic E-state index is -0.582. The van der Waals surface area contributed by atoms with Gasteiger partial charge in [-0.25, -0.2) is 4.98 Å². The summed E-state index contributed by atoms with van der Waals surface area (Å²) in [5.74, 6) is 0.0781. The first-order valence-electron chi connectivity index (χ1n) is 8.95. The lowest BCUT2D eigenvalue weighted by atomic mass is 10.1. The Kier molecular flexibility index (Phi) is 7.55. The highest BCUT2D eigenvalue weighted by Crippen LogP contribution is 2.39. The van der Waals surface area contributed by atoms with E-state index in [-0.39, 0.29) is 11.3 Å². The predicted octanol–water partition coefficient (Wildman–Crippen LogP) is 2.06. The van der Waals surface area contributed by atoms with Gasteiger partial charge in [0.05, 0.1) is 31.7 Å². The van der Waals surface area contributed by atoms with Crippen LogP contribution >= 0.6 is 0 Å². The molecule has 28 heavy (non-hydrogen) atoms. The molecule has 9 heteroatoms. The van der Waals surface area contributed by atoms with Gasteiger partial charge in [-0.2, -0.15) is 0 Å². The fourth-order valence-corrected chi connectivity index (χ4v) is 2.28. The summed E-state index contributed by atoms with van der Waals surface area (Å²) < 4.78 is 16.8. The molecule has 2 aromatic rings. The number of nitrogens with one attached hydrogen (secondary N) is 2. The molecule has 2 N–H and O–H groups in total. The van der Waals surface area contributed by atoms with Crippen molar-refractivity contribution in [2.45, 2.75) is 27.7 Å². The lowest BCUT2D eigenvalue weighted by Crippen LogP contribution is -2.42. The van der Waals surface area contributed by atoms with Gasteiger partial charge in [0.15, 0.2) is 11.5 Å². The van der Waals surface area contributed by atoms with E-state index in [2.05, 4.69) is 20.8 Å². The Bertz CT molecular complexity index is 797. The van der Waals surface area contributed by atoms with Crippen molar-refractivity contribution in [3.63, 3.8) is 0 Å². The van der Waals surface area contributed by atoms with Gasteiger partial charge in [-0.3, -0.25) is 25.4 Å². The molecule has 0 unspecified atom stereocenters. The summed E-state index contributed by atoms with van der Waals surface area (Å²) in [5.41, 5.74) is 5.66. The number of benzene rings is 1. The molecular weight excluding hydrogens is 364 g/mol. The van der Waals surface area contributed by atoms with Gasteiger partial charge < -0.3 is 14.2 Å². The van der Waals surface area contributed by atoms with Gasteiger partial charge in [0.1, 0.15) is 5.69 Å². The van der Waals surface area contributed by atoms with Crippen LogP contribution in [-0.4, -0.2) is 41.6 Å². The lowest BCUT2D eigenvalue weighted by Gasteiger charge is -2.17. The molecule has 0 saturated heterocycles. The van der Waals surface area contributed by atoms with E-state index in [1.165, 1.54) is 24.5 Å². The van der Waals surface area contributed by atoms with Gasteiger partial charge in [0.25, 0.3) is 11.8 Å². The summed E-state index contributed by atoms with van der Waals surface area (Å²) in [6.45, 7) is 8.44. The monoisotopic (exact) mass is 388 g/mol. The first-order valence-corrected chi connectivity index (χ1v) is 8.95. The number of hydrogen-bond acceptors (Lipinski definition) is 7. The largest absolute Gasteiger partial charge is 0.490 e. The van der Waals surface area contributed by atoms with E-state index in [1.54, 1.807) is 6.92 Å². The summed E-state index contributed by atoms with van der Waals surface area (Å²) in [7, 11) is 0. The standard InChI is InChI=1S/C19H24N4O5/c1-5-26-15-8-13(9-16(27-6-2)17(15)28-7-3)18(24)22-23-19(25)14-11-20-12(4)10-21-14/h8-11H,5-7H2,1-4H3,(H,22,24)(H,23,25). The maximum atomic E-state index is 12.5. The van der Waals surface area contributed by atoms with Crippen LogP contribution in [0, 0.1) is 6.92 Å². The van der Waals surface area contributed by atoms with Crippen molar-refractivity contribution in [2.75, 3.05) is 19.8 Å². The Balaban J connectivity index is 2.18. The Hall–Kier alpha value is -3.36. The van der Waals surface area contributed by atoms with E-state index in [4.69, 9.17) is 14.2 Å². The molecule has 9 nitrogen and oxygen atoms in total. The molecule has 0 bridgehead atoms. The summed E-state index contributed by atoms with van der Waals surface area (Å²) in [6, 6.07) is 3.06. The third kappa shape index (κ3) is 5.32. The van der Waals surface area contributed by atoms with Crippen molar-refractivity contribution in [2.24, 2.45) is 0 Å². The summed E-state index contributed by atoms with van der Waals surface area (Å²) in [6.07, 6.45) is 2.79. The zero-order valence-electron chi connectivity index (χ0n) is 16.4. The highest BCUT2D eigenvalue weighted by Gasteiger charge is 2.19. The number of aromatic nitrogens is 2. The maximum absolute atomic E-state index is 12.5. The van der Waals surface area contributed by atoms with Crippen molar-refractivity contribution >= 4 is 11.8 Å². The van der Waals surface area contributed by atoms with Crippen LogP contribution in [-0.2, 0) is 0 Å². The number of carbonyl (C=O) groups is 2. The Morgan fingerprint density at radius 3 is 1.93 bits per heavy atom. The fraction of sp³-hybridized carbons (Fsp3) is 0.368. The smallest absolute Gasteiger partial charge is 0.289 e. The molecule has 0 atom stereocenters. The number of aryl methyl sites for hydroxylation is 1. The van der Waals surface area contributed by atoms with Crippen molar-refractivity contribution in [3.8, 4) is 17.2 Å². The Morgan fingerprint density at radius 2 is 1.43 bits per heavy atom. The summed E-state index contributed by atoms with van der Waals surface area (Å²) in [5, 5.41) is 0. The third-order valence-electron chi connectivity index (χ3n) is 3.47. The number of ether oxygens (including phenoxy) is 3. The van der Waals surface area contributed by atoms with Gasteiger partial charge >= 0.3 is 0 Å². The normalized spacial score (nSPS) is 10.1. The molecule has 0 spiro atoms. The molecule has 2 amide bonds. The van der Waals surface area contributed by atoms with Crippen molar-refractivity contribution < 1.29 is 23.8 Å². The second kappa shape index (κ2) is 10.1. The number of hydrazine groups is 1. The molecule has 1 aromatic carbocycles. The van der Waals surface area contributed by atoms with E-state index in [9.17, 15) is 9.59 Å². The lowest BCUT2D eigenvalue weighted by molar-refractivity contribution is 0.0843. The van der Waals surface area contributed by atoms with Crippen LogP contribution in [0.15, 0.2) is 24.5 Å². The summed E-state index contributed by atoms with van der Waals surface area (Å²) >= 11 is 0. The molecule has 0 aliphatic carbocycles. The van der Waals surface area contributed by atoms with Gasteiger partial charge in [-0.15, -0.1) is 0 Å². The average Bonchev–Trinajstić information content (AvgIpc) is 2.69. The second-order valence-corrected chi connectivity index (χ2v) is 5.55. The molecule has 0 aliphatic heterocycles. The van der Waals surface area contributed by atoms with Gasteiger partial charge in [-0.05, 0) is 39.8 Å². The molecule has 1 aromatic heterocycles. The van der Waals surface area contributed by atoms with Gasteiger partial charge in [0.2, 0.25) is 5.75 Å². The molecule has 0 saturated carbocycles. The zero-order chi connectivity index (χ0) is 20.5. The second-order valence-electron chi connectivity index (χ2n) is 5.55. The topological polar surface area (TPSA) is 112 Å². The minimum absolute atomic E-state index is 0.0857. The minimum Gasteiger partial charge on any atom is -0.490 e. The highest BCUT2D eigenvalue weighted by molar-refractivity contribution is 5.99. The maximum Gasteiger partial charge on any atom is 0.289 e. The molecule has 0 radical (unpaired) electrons. The molecule has 0 aliphatic rings. The Labute approximate surface area is 163 Å². The Morgan fingerprint density at radius 1 is 0.857 bits per heavy atom. The molecular formula is C19H24N4O5. The van der Waals surface area contributed by atoms with Crippen molar-refractivity contribution in [3.05, 3.63) is 41.5 Å². The van der Waals surface area contributed by atoms with Crippen molar-refractivity contribution in [1.29, 1.82) is 0 Å². The van der Waals surface area contributed by atoms with Crippen LogP contribution in [0.25, 0.3) is 0 Å². The van der Waals surface area contributed by atoms with Crippen LogP contribution in [0.5, 0.6) is 17.2 Å². The van der Waals surface area contributed by atoms with Gasteiger partial charge in [0, 0.05) is 11.8 Å². The molecule has 0 fully saturated rings. The van der Waals surface area contributed by atoms with E-state index in [1.807, 2.05) is 20.8 Å². The van der Waals surface area contributed by atoms with Crippen LogP contribution in [0.4, 0.5) is 0 Å². The SMILES string of the molecule is CCOc1cc(C(=O)NNC(=O)c2cnc(C)cn2)cc(OCC)c1OCC. The number of carbonyl (C=O) groups excluding carboxylic acids is 2. The van der Waals surface area contributed by atoms with E-state index >= 15 is 0 Å². The number of rotatable bonds is 8. The van der Waals surface area contributed by atoms with Gasteiger partial charge in [-0.1, -0.05) is 0 Å². The molecule has 1 heterocycles. The van der Waals surface area contributed by atoms with Crippen LogP contribution in [0.3, 0.4) is 0 Å². The van der Waals surface area contributed by atoms with E-state index < -0.39 is 11.8 Å². The summed E-state index contributed by atoms with van der Waals surface area (Å²) in [4.78, 5) is 32.5. The van der Waals surface area contributed by atoms with Crippen LogP contribution in [0.2, 0.25) is 0 Å². The fourth-order valence-electron chi connectivity index (χ4n) is 2.28. The third-order valence-corrected chi connectivity index (χ3v) is 3.47. The van der Waals surface area contributed by atoms with E-state index in [0.29, 0.717) is 42.8 Å². The van der Waals surface area contributed by atoms with Crippen LogP contribution in [0.1, 0.15) is 47.3 Å². The predicted molar refractivity (Wildman–Crippen MR) is 102 cm³/mol. The molecule has 150 valence electrons. The quantitative estimate of drug-likeness (QED) is 0.666.